The van der Waals surface area contributed by atoms with Crippen LogP contribution in [0.4, 0.5) is 13.2 Å². The molecule has 0 radical (unpaired) electrons. The van der Waals surface area contributed by atoms with E-state index in [4.69, 9.17) is 44.6 Å². The number of fused-ring (bicyclic) bond motifs is 1. The molecule has 1 atom stereocenters. The van der Waals surface area contributed by atoms with Gasteiger partial charge >= 0.3 is 6.18 Å². The molecule has 13 heteroatoms. The second kappa shape index (κ2) is 9.79. The van der Waals surface area contributed by atoms with Crippen molar-refractivity contribution in [3.8, 4) is 0 Å². The number of hydrogen-bond donors (Lipinski definition) is 3. The highest BCUT2D eigenvalue weighted by molar-refractivity contribution is 6.42. The minimum absolute atomic E-state index is 0.0840. The number of nitrogens with two attached hydrogens (primary N) is 2. The van der Waals surface area contributed by atoms with Crippen molar-refractivity contribution in [3.63, 3.8) is 0 Å². The van der Waals surface area contributed by atoms with Crippen LogP contribution >= 0.6 is 23.2 Å². The van der Waals surface area contributed by atoms with E-state index >= 15 is 0 Å². The van der Waals surface area contributed by atoms with Crippen LogP contribution in [-0.4, -0.2) is 46.5 Å². The normalized spacial score (nSPS) is 15.3. The molecular weight excluding hydrogens is 440 g/mol. The van der Waals surface area contributed by atoms with Crippen LogP contribution in [0.5, 0.6) is 0 Å². The fraction of sp³-hybridized carbons (Fsp3) is 0.375. The van der Waals surface area contributed by atoms with E-state index in [-0.39, 0.29) is 22.0 Å². The van der Waals surface area contributed by atoms with E-state index in [2.05, 4.69) is 4.99 Å². The van der Waals surface area contributed by atoms with Gasteiger partial charge in [-0.2, -0.15) is 18.2 Å². The Balaban J connectivity index is 0.000000960. The molecule has 0 saturated heterocycles. The number of guanidine groups is 1. The van der Waals surface area contributed by atoms with Crippen molar-refractivity contribution in [1.29, 1.82) is 0 Å². The summed E-state index contributed by atoms with van der Waals surface area (Å²) < 4.78 is 37.7. The number of carbonyl (C=O) groups is 3. The smallest absolute Gasteiger partial charge is 0.390 e. The number of nitrogens with zero attached hydrogens (tertiary/aromatic N) is 2. The van der Waals surface area contributed by atoms with Crippen molar-refractivity contribution in [2.45, 2.75) is 32.0 Å². The van der Waals surface area contributed by atoms with E-state index in [9.17, 15) is 22.8 Å². The second-order valence-corrected chi connectivity index (χ2v) is 6.70. The van der Waals surface area contributed by atoms with Gasteiger partial charge in [0.15, 0.2) is 5.96 Å². The Hall–Kier alpha value is -2.53. The average molecular weight is 457 g/mol. The monoisotopic (exact) mass is 456 g/mol. The molecule has 0 aliphatic carbocycles. The van der Waals surface area contributed by atoms with Crippen LogP contribution in [0.25, 0.3) is 0 Å². The number of aliphatic imine (C=N–C) groups is 1. The average Bonchev–Trinajstić information content (AvgIpc) is 2.76. The van der Waals surface area contributed by atoms with Gasteiger partial charge in [0.1, 0.15) is 0 Å². The Labute approximate surface area is 173 Å². The van der Waals surface area contributed by atoms with Crippen LogP contribution in [0.3, 0.4) is 0 Å². The Morgan fingerprint density at radius 1 is 1.24 bits per heavy atom. The van der Waals surface area contributed by atoms with E-state index in [1.807, 2.05) is 0 Å². The summed E-state index contributed by atoms with van der Waals surface area (Å²) in [5.41, 5.74) is 10.6. The third kappa shape index (κ3) is 7.42. The molecule has 160 valence electrons. The highest BCUT2D eigenvalue weighted by Gasteiger charge is 2.40. The van der Waals surface area contributed by atoms with Crippen molar-refractivity contribution >= 4 is 46.9 Å². The molecule has 0 bridgehead atoms. The maximum absolute atomic E-state index is 12.6. The Kier molecular flexibility index (Phi) is 8.27. The molecule has 0 spiro atoms. The molecule has 0 fully saturated rings. The largest absolute Gasteiger partial charge is 0.481 e. The van der Waals surface area contributed by atoms with Crippen LogP contribution in [0.1, 0.15) is 41.7 Å². The summed E-state index contributed by atoms with van der Waals surface area (Å²) in [4.78, 5) is 37.6. The van der Waals surface area contributed by atoms with Crippen LogP contribution in [-0.2, 0) is 9.59 Å². The quantitative estimate of drug-likeness (QED) is 0.470. The molecule has 1 aliphatic heterocycles. The first-order valence-electron chi connectivity index (χ1n) is 7.91. The molecule has 1 aliphatic rings. The zero-order valence-electron chi connectivity index (χ0n) is 15.0. The summed E-state index contributed by atoms with van der Waals surface area (Å²) in [6.45, 7) is 0.464. The van der Waals surface area contributed by atoms with Gasteiger partial charge in [0.2, 0.25) is 0 Å². The third-order valence-electron chi connectivity index (χ3n) is 3.58. The lowest BCUT2D eigenvalue weighted by molar-refractivity contribution is -0.137. The van der Waals surface area contributed by atoms with Gasteiger partial charge in [0, 0.05) is 19.0 Å². The molecule has 0 aromatic heterocycles. The SMILES string of the molecule is CC(=O)O.NC(N)=NC(=O)CC1c2cc(Cl)c(Cl)cc2C(=O)N1CCC(F)(F)F. The van der Waals surface area contributed by atoms with Crippen LogP contribution in [0.15, 0.2) is 17.1 Å². The van der Waals surface area contributed by atoms with Gasteiger partial charge in [0.05, 0.1) is 28.9 Å². The van der Waals surface area contributed by atoms with Gasteiger partial charge in [-0.3, -0.25) is 14.4 Å². The minimum Gasteiger partial charge on any atom is -0.481 e. The molecule has 0 saturated carbocycles. The van der Waals surface area contributed by atoms with Gasteiger partial charge in [-0.15, -0.1) is 0 Å². The van der Waals surface area contributed by atoms with Crippen molar-refractivity contribution < 1.29 is 32.7 Å². The topological polar surface area (TPSA) is 139 Å². The number of aliphatic carboxylic acids is 1. The lowest BCUT2D eigenvalue weighted by atomic mass is 10.0. The summed E-state index contributed by atoms with van der Waals surface area (Å²) in [6.07, 6.45) is -6.06. The van der Waals surface area contributed by atoms with Gasteiger partial charge in [-0.25, -0.2) is 0 Å². The highest BCUT2D eigenvalue weighted by Crippen LogP contribution is 2.40. The lowest BCUT2D eigenvalue weighted by Crippen LogP contribution is -2.33. The van der Waals surface area contributed by atoms with E-state index in [0.29, 0.717) is 5.56 Å². The van der Waals surface area contributed by atoms with Crippen molar-refractivity contribution in [1.82, 2.24) is 4.90 Å². The Morgan fingerprint density at radius 3 is 2.24 bits per heavy atom. The van der Waals surface area contributed by atoms with E-state index in [0.717, 1.165) is 11.8 Å². The predicted molar refractivity (Wildman–Crippen MR) is 99.7 cm³/mol. The predicted octanol–water partition coefficient (Wildman–Crippen LogP) is 2.72. The number of carboxylic acid groups (broad SMARTS) is 1. The molecule has 1 aromatic carbocycles. The summed E-state index contributed by atoms with van der Waals surface area (Å²) >= 11 is 11.8. The van der Waals surface area contributed by atoms with Gasteiger partial charge in [-0.1, -0.05) is 23.2 Å². The van der Waals surface area contributed by atoms with Crippen LogP contribution in [0, 0.1) is 0 Å². The molecule has 8 nitrogen and oxygen atoms in total. The first-order valence-corrected chi connectivity index (χ1v) is 8.67. The number of alkyl halides is 3. The summed E-state index contributed by atoms with van der Waals surface area (Å²) in [7, 11) is 0. The number of carboxylic acids is 1. The maximum atomic E-state index is 12.6. The van der Waals surface area contributed by atoms with Gasteiger partial charge < -0.3 is 21.5 Å². The fourth-order valence-corrected chi connectivity index (χ4v) is 2.90. The van der Waals surface area contributed by atoms with E-state index < -0.39 is 48.9 Å². The Morgan fingerprint density at radius 2 is 1.76 bits per heavy atom. The first kappa shape index (κ1) is 24.5. The summed E-state index contributed by atoms with van der Waals surface area (Å²) in [6, 6.07) is 1.67. The molecule has 1 aromatic rings. The minimum atomic E-state index is -4.46. The lowest BCUT2D eigenvalue weighted by Gasteiger charge is -2.25. The van der Waals surface area contributed by atoms with Crippen molar-refractivity contribution in [3.05, 3.63) is 33.3 Å². The molecule has 2 rings (SSSR count). The fourth-order valence-electron chi connectivity index (χ4n) is 2.57. The van der Waals surface area contributed by atoms with Crippen molar-refractivity contribution in [2.75, 3.05) is 6.54 Å². The number of amides is 2. The van der Waals surface area contributed by atoms with Crippen molar-refractivity contribution in [2.24, 2.45) is 16.5 Å². The highest BCUT2D eigenvalue weighted by atomic mass is 35.5. The van der Waals surface area contributed by atoms with E-state index in [1.54, 1.807) is 0 Å². The number of benzene rings is 1. The number of carbonyl (C=O) groups excluding carboxylic acids is 2. The standard InChI is InChI=1S/C14H13Cl2F3N4O2.C2H4O2/c15-8-3-6-7(4-9(8)16)12(25)23(2-1-14(17,18)19)10(6)5-11(24)22-13(20)21;1-2(3)4/h3-4,10H,1-2,5H2,(H4,20,21,22,24);1H3,(H,3,4). The molecular formula is C16H17Cl2F3N4O4. The Bertz CT molecular complexity index is 838. The van der Waals surface area contributed by atoms with E-state index in [1.165, 1.54) is 12.1 Å². The molecule has 5 N–H and O–H groups in total. The molecule has 1 unspecified atom stereocenters. The summed E-state index contributed by atoms with van der Waals surface area (Å²) in [5, 5.41) is 7.62. The number of rotatable bonds is 4. The second-order valence-electron chi connectivity index (χ2n) is 5.89. The zero-order valence-corrected chi connectivity index (χ0v) is 16.5. The summed E-state index contributed by atoms with van der Waals surface area (Å²) in [5.74, 6) is -2.75. The molecule has 2 amide bonds. The van der Waals surface area contributed by atoms with Crippen LogP contribution < -0.4 is 11.5 Å². The number of halogens is 5. The maximum Gasteiger partial charge on any atom is 0.390 e. The van der Waals surface area contributed by atoms with Gasteiger partial charge in [0.25, 0.3) is 17.8 Å². The zero-order chi connectivity index (χ0) is 22.5. The molecule has 1 heterocycles. The van der Waals surface area contributed by atoms with Gasteiger partial charge in [-0.05, 0) is 17.7 Å². The molecule has 29 heavy (non-hydrogen) atoms. The number of hydrogen-bond acceptors (Lipinski definition) is 3. The van der Waals surface area contributed by atoms with Crippen LogP contribution in [0.2, 0.25) is 10.0 Å². The third-order valence-corrected chi connectivity index (χ3v) is 4.30. The first-order chi connectivity index (χ1) is 13.2.